The van der Waals surface area contributed by atoms with Gasteiger partial charge in [-0.05, 0) is 54.3 Å². The van der Waals surface area contributed by atoms with Crippen LogP contribution >= 0.6 is 0 Å². The molecule has 0 bridgehead atoms. The molecule has 1 aliphatic rings. The summed E-state index contributed by atoms with van der Waals surface area (Å²) < 4.78 is 0. The molecule has 102 valence electrons. The van der Waals surface area contributed by atoms with Crippen LogP contribution < -0.4 is 0 Å². The highest BCUT2D eigenvalue weighted by molar-refractivity contribution is 4.90. The normalized spacial score (nSPS) is 36.9. The van der Waals surface area contributed by atoms with Crippen LogP contribution in [0.4, 0.5) is 0 Å². The Morgan fingerprint density at radius 2 is 1.88 bits per heavy atom. The zero-order chi connectivity index (χ0) is 13.3. The number of hydrogen-bond donors (Lipinski definition) is 0. The topological polar surface area (TPSA) is 0 Å². The predicted octanol–water partition coefficient (Wildman–Crippen LogP) is 5.91. The molecule has 4 unspecified atom stereocenters. The van der Waals surface area contributed by atoms with Gasteiger partial charge in [0.15, 0.2) is 0 Å². The zero-order valence-electron chi connectivity index (χ0n) is 13.3. The molecule has 0 aromatic heterocycles. The van der Waals surface area contributed by atoms with Gasteiger partial charge >= 0.3 is 0 Å². The van der Waals surface area contributed by atoms with Crippen LogP contribution in [0, 0.1) is 28.6 Å². The third-order valence-electron chi connectivity index (χ3n) is 5.32. The van der Waals surface area contributed by atoms with Crippen LogP contribution in [0.2, 0.25) is 0 Å². The molecule has 1 aliphatic carbocycles. The molecular weight excluding hydrogens is 204 g/mol. The standard InChI is InChI=1S/C17H34/c1-8-13(2)15-9-10-17(7,14(3)11-15)12-16(4,5)6/h13-15H,8-12H2,1-7H3. The molecule has 0 aromatic carbocycles. The first-order chi connectivity index (χ1) is 7.68. The average molecular weight is 238 g/mol. The van der Waals surface area contributed by atoms with Crippen molar-refractivity contribution in [2.45, 2.75) is 80.6 Å². The Kier molecular flexibility index (Phi) is 4.72. The second-order valence-corrected chi connectivity index (χ2v) is 8.21. The van der Waals surface area contributed by atoms with Crippen molar-refractivity contribution in [3.63, 3.8) is 0 Å². The lowest BCUT2D eigenvalue weighted by atomic mass is 9.58. The van der Waals surface area contributed by atoms with Crippen molar-refractivity contribution in [2.75, 3.05) is 0 Å². The Balaban J connectivity index is 2.63. The Bertz CT molecular complexity index is 235. The summed E-state index contributed by atoms with van der Waals surface area (Å²) in [4.78, 5) is 0. The third-order valence-corrected chi connectivity index (χ3v) is 5.32. The Hall–Kier alpha value is 0. The lowest BCUT2D eigenvalue weighted by molar-refractivity contribution is 0.0333. The van der Waals surface area contributed by atoms with Crippen LogP contribution in [0.1, 0.15) is 80.6 Å². The highest BCUT2D eigenvalue weighted by Gasteiger charge is 2.40. The summed E-state index contributed by atoms with van der Waals surface area (Å²) in [6.45, 7) is 17.0. The minimum absolute atomic E-state index is 0.478. The van der Waals surface area contributed by atoms with Crippen molar-refractivity contribution < 1.29 is 0 Å². The third kappa shape index (κ3) is 4.00. The first-order valence-electron chi connectivity index (χ1n) is 7.68. The molecule has 0 nitrogen and oxygen atoms in total. The Morgan fingerprint density at radius 3 is 2.29 bits per heavy atom. The van der Waals surface area contributed by atoms with Gasteiger partial charge in [0.1, 0.15) is 0 Å². The Labute approximate surface area is 110 Å². The van der Waals surface area contributed by atoms with E-state index in [-0.39, 0.29) is 0 Å². The highest BCUT2D eigenvalue weighted by Crippen LogP contribution is 2.50. The smallest absolute Gasteiger partial charge is 0.0295 e. The van der Waals surface area contributed by atoms with Crippen molar-refractivity contribution in [3.8, 4) is 0 Å². The van der Waals surface area contributed by atoms with Crippen LogP contribution in [0.5, 0.6) is 0 Å². The van der Waals surface area contributed by atoms with Crippen LogP contribution in [0.15, 0.2) is 0 Å². The summed E-state index contributed by atoms with van der Waals surface area (Å²) in [6.07, 6.45) is 7.11. The lowest BCUT2D eigenvalue weighted by Crippen LogP contribution is -2.37. The first kappa shape index (κ1) is 15.1. The predicted molar refractivity (Wildman–Crippen MR) is 78.1 cm³/mol. The maximum absolute atomic E-state index is 2.54. The lowest BCUT2D eigenvalue weighted by Gasteiger charge is -2.47. The fourth-order valence-corrected chi connectivity index (χ4v) is 3.94. The van der Waals surface area contributed by atoms with Crippen LogP contribution in [-0.4, -0.2) is 0 Å². The number of rotatable bonds is 3. The molecule has 0 amide bonds. The van der Waals surface area contributed by atoms with E-state index in [4.69, 9.17) is 0 Å². The first-order valence-corrected chi connectivity index (χ1v) is 7.68. The quantitative estimate of drug-likeness (QED) is 0.573. The molecular formula is C17H34. The van der Waals surface area contributed by atoms with Gasteiger partial charge < -0.3 is 0 Å². The van der Waals surface area contributed by atoms with Gasteiger partial charge in [-0.25, -0.2) is 0 Å². The molecule has 0 heterocycles. The van der Waals surface area contributed by atoms with Crippen molar-refractivity contribution in [1.82, 2.24) is 0 Å². The van der Waals surface area contributed by atoms with Crippen LogP contribution in [0.3, 0.4) is 0 Å². The number of hydrogen-bond acceptors (Lipinski definition) is 0. The largest absolute Gasteiger partial charge is 0.0651 e. The van der Waals surface area contributed by atoms with E-state index in [1.165, 1.54) is 32.1 Å². The van der Waals surface area contributed by atoms with Gasteiger partial charge in [0.2, 0.25) is 0 Å². The molecule has 0 N–H and O–H groups in total. The summed E-state index contributed by atoms with van der Waals surface area (Å²) in [7, 11) is 0. The van der Waals surface area contributed by atoms with Gasteiger partial charge in [-0.2, -0.15) is 0 Å². The summed E-state index contributed by atoms with van der Waals surface area (Å²) >= 11 is 0. The van der Waals surface area contributed by atoms with Gasteiger partial charge in [0.25, 0.3) is 0 Å². The molecule has 0 radical (unpaired) electrons. The van der Waals surface area contributed by atoms with E-state index < -0.39 is 0 Å². The fraction of sp³-hybridized carbons (Fsp3) is 1.00. The maximum atomic E-state index is 2.54. The van der Waals surface area contributed by atoms with Gasteiger partial charge in [-0.15, -0.1) is 0 Å². The van der Waals surface area contributed by atoms with Gasteiger partial charge in [0, 0.05) is 0 Å². The van der Waals surface area contributed by atoms with Crippen molar-refractivity contribution in [1.29, 1.82) is 0 Å². The van der Waals surface area contributed by atoms with Crippen molar-refractivity contribution >= 4 is 0 Å². The minimum atomic E-state index is 0.478. The van der Waals surface area contributed by atoms with E-state index in [9.17, 15) is 0 Å². The molecule has 0 spiro atoms. The maximum Gasteiger partial charge on any atom is -0.0295 e. The van der Waals surface area contributed by atoms with Gasteiger partial charge in [-0.1, -0.05) is 54.9 Å². The Morgan fingerprint density at radius 1 is 1.29 bits per heavy atom. The molecule has 17 heavy (non-hydrogen) atoms. The molecule has 0 saturated heterocycles. The second-order valence-electron chi connectivity index (χ2n) is 8.21. The average Bonchev–Trinajstić information content (AvgIpc) is 2.18. The zero-order valence-corrected chi connectivity index (χ0v) is 13.3. The molecule has 0 aromatic rings. The monoisotopic (exact) mass is 238 g/mol. The van der Waals surface area contributed by atoms with Crippen molar-refractivity contribution in [3.05, 3.63) is 0 Å². The van der Waals surface area contributed by atoms with E-state index in [0.29, 0.717) is 10.8 Å². The van der Waals surface area contributed by atoms with E-state index in [0.717, 1.165) is 17.8 Å². The fourth-order valence-electron chi connectivity index (χ4n) is 3.94. The van der Waals surface area contributed by atoms with Crippen molar-refractivity contribution in [2.24, 2.45) is 28.6 Å². The summed E-state index contributed by atoms with van der Waals surface area (Å²) in [5.74, 6) is 2.81. The molecule has 1 saturated carbocycles. The van der Waals surface area contributed by atoms with E-state index in [2.05, 4.69) is 48.5 Å². The molecule has 1 rings (SSSR count). The molecule has 4 atom stereocenters. The molecule has 0 heteroatoms. The molecule has 0 aliphatic heterocycles. The summed E-state index contributed by atoms with van der Waals surface area (Å²) in [6, 6.07) is 0. The van der Waals surface area contributed by atoms with E-state index in [1.54, 1.807) is 0 Å². The van der Waals surface area contributed by atoms with Gasteiger partial charge in [-0.3, -0.25) is 0 Å². The minimum Gasteiger partial charge on any atom is -0.0651 e. The van der Waals surface area contributed by atoms with Gasteiger partial charge in [0.05, 0.1) is 0 Å². The van der Waals surface area contributed by atoms with Crippen LogP contribution in [0.25, 0.3) is 0 Å². The van der Waals surface area contributed by atoms with E-state index >= 15 is 0 Å². The summed E-state index contributed by atoms with van der Waals surface area (Å²) in [5.41, 5.74) is 1.06. The SMILES string of the molecule is CCC(C)C1CCC(C)(CC(C)(C)C)C(C)C1. The second kappa shape index (κ2) is 5.33. The summed E-state index contributed by atoms with van der Waals surface area (Å²) in [5, 5.41) is 0. The van der Waals surface area contributed by atoms with Crippen LogP contribution in [-0.2, 0) is 0 Å². The van der Waals surface area contributed by atoms with E-state index in [1.807, 2.05) is 0 Å². The highest BCUT2D eigenvalue weighted by atomic mass is 14.5. The molecule has 1 fully saturated rings.